The third-order valence-corrected chi connectivity index (χ3v) is 2.62. The van der Waals surface area contributed by atoms with E-state index in [-0.39, 0.29) is 5.92 Å². The van der Waals surface area contributed by atoms with Gasteiger partial charge in [-0.05, 0) is 24.8 Å². The number of benzene rings is 1. The fourth-order valence-electron chi connectivity index (χ4n) is 1.50. The van der Waals surface area contributed by atoms with Crippen LogP contribution < -0.4 is 0 Å². The van der Waals surface area contributed by atoms with E-state index >= 15 is 0 Å². The average molecular weight is 251 g/mol. The highest BCUT2D eigenvalue weighted by Gasteiger charge is 2.08. The van der Waals surface area contributed by atoms with Gasteiger partial charge in [-0.3, -0.25) is 0 Å². The van der Waals surface area contributed by atoms with Gasteiger partial charge >= 0.3 is 8.25 Å². The second-order valence-electron chi connectivity index (χ2n) is 3.85. The minimum Gasteiger partial charge on any atom is -0.173 e. The lowest BCUT2D eigenvalue weighted by atomic mass is 10.0. The second kappa shape index (κ2) is 7.84. The van der Waals surface area contributed by atoms with Crippen molar-refractivity contribution in [1.29, 1.82) is 0 Å². The van der Waals surface area contributed by atoms with Crippen LogP contribution in [0.5, 0.6) is 0 Å². The summed E-state index contributed by atoms with van der Waals surface area (Å²) in [6.07, 6.45) is 5.28. The zero-order valence-electron chi connectivity index (χ0n) is 9.80. The molecular formula is C13H16O3P+. The second-order valence-corrected chi connectivity index (χ2v) is 4.51. The number of hydrogen-bond acceptors (Lipinski definition) is 2. The van der Waals surface area contributed by atoms with Crippen LogP contribution in [0.3, 0.4) is 0 Å². The minimum atomic E-state index is -2.60. The monoisotopic (exact) mass is 251 g/mol. The van der Waals surface area contributed by atoms with Crippen molar-refractivity contribution in [3.05, 3.63) is 35.9 Å². The van der Waals surface area contributed by atoms with Gasteiger partial charge in [0.05, 0.1) is 0 Å². The van der Waals surface area contributed by atoms with Crippen molar-refractivity contribution in [3.8, 4) is 12.0 Å². The Balaban J connectivity index is 2.22. The van der Waals surface area contributed by atoms with Gasteiger partial charge in [0.1, 0.15) is 0 Å². The molecule has 1 N–H and O–H groups in total. The molecule has 0 heterocycles. The van der Waals surface area contributed by atoms with Crippen LogP contribution in [0.15, 0.2) is 30.3 Å². The molecule has 1 aromatic rings. The standard InChI is InChI=1S/C13H15O3P/c1-12(10-11-16-17(14)15)6-5-9-13-7-3-2-4-8-13/h2-4,7-8,12H,5-6,9H2,1H3/p+1. The summed E-state index contributed by atoms with van der Waals surface area (Å²) in [7, 11) is -2.60. The Morgan fingerprint density at radius 3 is 2.76 bits per heavy atom. The van der Waals surface area contributed by atoms with E-state index < -0.39 is 8.25 Å². The van der Waals surface area contributed by atoms with Gasteiger partial charge in [-0.1, -0.05) is 43.2 Å². The quantitative estimate of drug-likeness (QED) is 0.645. The lowest BCUT2D eigenvalue weighted by Crippen LogP contribution is -1.93. The molecule has 0 amide bonds. The third kappa shape index (κ3) is 6.73. The molecule has 0 aliphatic rings. The Morgan fingerprint density at radius 2 is 2.12 bits per heavy atom. The molecule has 0 aliphatic carbocycles. The molecule has 0 aromatic heterocycles. The van der Waals surface area contributed by atoms with Gasteiger partial charge in [0, 0.05) is 10.5 Å². The molecule has 0 spiro atoms. The van der Waals surface area contributed by atoms with Crippen LogP contribution >= 0.6 is 8.25 Å². The molecule has 0 saturated heterocycles. The van der Waals surface area contributed by atoms with E-state index in [1.807, 2.05) is 25.1 Å². The topological polar surface area (TPSA) is 46.5 Å². The van der Waals surface area contributed by atoms with E-state index in [2.05, 4.69) is 28.7 Å². The van der Waals surface area contributed by atoms with Crippen molar-refractivity contribution in [2.24, 2.45) is 5.92 Å². The maximum absolute atomic E-state index is 10.2. The first-order valence-corrected chi connectivity index (χ1v) is 6.69. The van der Waals surface area contributed by atoms with E-state index in [0.717, 1.165) is 19.3 Å². The maximum Gasteiger partial charge on any atom is 0.756 e. The maximum atomic E-state index is 10.2. The summed E-state index contributed by atoms with van der Waals surface area (Å²) in [5.74, 6) is 2.96. The molecule has 0 radical (unpaired) electrons. The fraction of sp³-hybridized carbons (Fsp3) is 0.385. The van der Waals surface area contributed by atoms with Crippen molar-refractivity contribution in [2.75, 3.05) is 0 Å². The van der Waals surface area contributed by atoms with E-state index in [1.54, 1.807) is 0 Å². The molecule has 4 heteroatoms. The van der Waals surface area contributed by atoms with Crippen LogP contribution in [0.2, 0.25) is 0 Å². The molecular weight excluding hydrogens is 235 g/mol. The molecule has 0 bridgehead atoms. The first-order valence-electron chi connectivity index (χ1n) is 5.56. The number of aryl methyl sites for hydroxylation is 1. The summed E-state index contributed by atoms with van der Waals surface area (Å²) in [5, 5.41) is 0. The van der Waals surface area contributed by atoms with Crippen LogP contribution in [-0.4, -0.2) is 4.89 Å². The van der Waals surface area contributed by atoms with Gasteiger partial charge in [-0.2, -0.15) is 4.52 Å². The molecule has 3 nitrogen and oxygen atoms in total. The van der Waals surface area contributed by atoms with Gasteiger partial charge in [-0.15, -0.1) is 4.89 Å². The van der Waals surface area contributed by atoms with Gasteiger partial charge in [0.2, 0.25) is 0 Å². The lowest BCUT2D eigenvalue weighted by molar-refractivity contribution is 0.393. The molecule has 2 unspecified atom stereocenters. The highest BCUT2D eigenvalue weighted by atomic mass is 31.1. The van der Waals surface area contributed by atoms with E-state index in [9.17, 15) is 4.57 Å². The fourth-order valence-corrected chi connectivity index (χ4v) is 1.63. The van der Waals surface area contributed by atoms with Crippen molar-refractivity contribution in [2.45, 2.75) is 26.2 Å². The minimum absolute atomic E-state index is 0.175. The Labute approximate surface area is 103 Å². The summed E-state index contributed by atoms with van der Waals surface area (Å²) >= 11 is 0. The highest BCUT2D eigenvalue weighted by Crippen LogP contribution is 2.13. The van der Waals surface area contributed by atoms with Crippen LogP contribution in [0, 0.1) is 17.9 Å². The average Bonchev–Trinajstić information content (AvgIpc) is 2.30. The van der Waals surface area contributed by atoms with Crippen LogP contribution in [0.1, 0.15) is 25.3 Å². The van der Waals surface area contributed by atoms with Crippen molar-refractivity contribution in [3.63, 3.8) is 0 Å². The summed E-state index contributed by atoms with van der Waals surface area (Å²) in [6.45, 7) is 1.98. The van der Waals surface area contributed by atoms with Crippen molar-refractivity contribution in [1.82, 2.24) is 0 Å². The summed E-state index contributed by atoms with van der Waals surface area (Å²) in [6, 6.07) is 10.3. The predicted octanol–water partition coefficient (Wildman–Crippen LogP) is 3.27. The molecule has 2 atom stereocenters. The Morgan fingerprint density at radius 1 is 1.41 bits per heavy atom. The number of hydrogen-bond donors (Lipinski definition) is 1. The largest absolute Gasteiger partial charge is 0.756 e. The molecule has 17 heavy (non-hydrogen) atoms. The third-order valence-electron chi connectivity index (χ3n) is 2.37. The van der Waals surface area contributed by atoms with Crippen LogP contribution in [0.25, 0.3) is 0 Å². The zero-order valence-corrected chi connectivity index (χ0v) is 10.7. The summed E-state index contributed by atoms with van der Waals surface area (Å²) < 4.78 is 14.5. The van der Waals surface area contributed by atoms with Crippen LogP contribution in [-0.2, 0) is 15.5 Å². The Hall–Kier alpha value is -1.36. The van der Waals surface area contributed by atoms with E-state index in [4.69, 9.17) is 4.89 Å². The van der Waals surface area contributed by atoms with Crippen LogP contribution in [0.4, 0.5) is 0 Å². The van der Waals surface area contributed by atoms with Gasteiger partial charge in [-0.25, -0.2) is 0 Å². The summed E-state index contributed by atoms with van der Waals surface area (Å²) in [5.41, 5.74) is 1.32. The Bertz CT molecular complexity index is 406. The molecule has 90 valence electrons. The zero-order chi connectivity index (χ0) is 12.5. The van der Waals surface area contributed by atoms with E-state index in [1.165, 1.54) is 5.56 Å². The molecule has 1 rings (SSSR count). The molecule has 0 aliphatic heterocycles. The smallest absolute Gasteiger partial charge is 0.173 e. The normalized spacial score (nSPS) is 12.2. The molecule has 0 saturated carbocycles. The van der Waals surface area contributed by atoms with Gasteiger partial charge in [0.15, 0.2) is 6.11 Å². The Kier molecular flexibility index (Phi) is 6.32. The predicted molar refractivity (Wildman–Crippen MR) is 67.2 cm³/mol. The first kappa shape index (κ1) is 13.7. The molecule has 1 aromatic carbocycles. The van der Waals surface area contributed by atoms with E-state index in [0.29, 0.717) is 0 Å². The van der Waals surface area contributed by atoms with Gasteiger partial charge in [0.25, 0.3) is 0 Å². The lowest BCUT2D eigenvalue weighted by Gasteiger charge is -2.03. The summed E-state index contributed by atoms with van der Waals surface area (Å²) in [4.78, 5) is 8.37. The van der Waals surface area contributed by atoms with Gasteiger partial charge < -0.3 is 0 Å². The van der Waals surface area contributed by atoms with Crippen molar-refractivity contribution >= 4 is 8.25 Å². The molecule has 0 fully saturated rings. The SMILES string of the molecule is CC(C#CO[P+](=O)O)CCCc1ccccc1. The van der Waals surface area contributed by atoms with Crippen molar-refractivity contribution < 1.29 is 14.0 Å². The highest BCUT2D eigenvalue weighted by molar-refractivity contribution is 7.32. The first-order chi connectivity index (χ1) is 8.18. The number of rotatable bonds is 5.